The van der Waals surface area contributed by atoms with Gasteiger partial charge in [0, 0.05) is 10.1 Å². The Kier molecular flexibility index (Phi) is 5.71. The second-order valence-electron chi connectivity index (χ2n) is 4.16. The lowest BCUT2D eigenvalue weighted by Crippen LogP contribution is -2.30. The number of hydrogen-bond donors (Lipinski definition) is 2. The quantitative estimate of drug-likeness (QED) is 0.773. The van der Waals surface area contributed by atoms with Gasteiger partial charge in [-0.15, -0.1) is 11.8 Å². The normalized spacial score (nSPS) is 10.4. The number of amides is 1. The molecule has 0 spiro atoms. The van der Waals surface area contributed by atoms with Gasteiger partial charge >= 0.3 is 5.97 Å². The van der Waals surface area contributed by atoms with Crippen molar-refractivity contribution in [1.29, 1.82) is 0 Å². The summed E-state index contributed by atoms with van der Waals surface area (Å²) in [4.78, 5) is 22.9. The van der Waals surface area contributed by atoms with Crippen LogP contribution in [0.2, 0.25) is 0 Å². The van der Waals surface area contributed by atoms with E-state index in [9.17, 15) is 9.59 Å². The van der Waals surface area contributed by atoms with E-state index in [2.05, 4.69) is 19.2 Å². The zero-order valence-electron chi connectivity index (χ0n) is 10.5. The summed E-state index contributed by atoms with van der Waals surface area (Å²) in [6, 6.07) is 7.74. The maximum atomic E-state index is 11.4. The first kappa shape index (κ1) is 14.6. The standard InChI is InChI=1S/C13H17NO3S/c1-9(2)18-11-5-3-10(4-6-11)7-12(15)14-8-13(16)17/h3-6,9H,7-8H2,1-2H3,(H,14,15)(H,16,17). The number of carboxylic acid groups (broad SMARTS) is 1. The average Bonchev–Trinajstić information content (AvgIpc) is 2.28. The molecule has 1 aromatic carbocycles. The Hall–Kier alpha value is -1.49. The lowest BCUT2D eigenvalue weighted by atomic mass is 10.1. The largest absolute Gasteiger partial charge is 0.480 e. The van der Waals surface area contributed by atoms with E-state index < -0.39 is 5.97 Å². The predicted molar refractivity (Wildman–Crippen MR) is 71.8 cm³/mol. The monoisotopic (exact) mass is 267 g/mol. The van der Waals surface area contributed by atoms with Crippen LogP contribution in [0.3, 0.4) is 0 Å². The molecule has 1 amide bonds. The highest BCUT2D eigenvalue weighted by Crippen LogP contribution is 2.22. The van der Waals surface area contributed by atoms with E-state index in [1.807, 2.05) is 24.3 Å². The number of aliphatic carboxylic acids is 1. The molecule has 5 heteroatoms. The second kappa shape index (κ2) is 7.06. The van der Waals surface area contributed by atoms with Crippen molar-refractivity contribution in [2.24, 2.45) is 0 Å². The van der Waals surface area contributed by atoms with Gasteiger partial charge < -0.3 is 10.4 Å². The first-order valence-electron chi connectivity index (χ1n) is 5.71. The average molecular weight is 267 g/mol. The molecule has 0 radical (unpaired) electrons. The highest BCUT2D eigenvalue weighted by atomic mass is 32.2. The molecule has 0 unspecified atom stereocenters. The Morgan fingerprint density at radius 3 is 2.39 bits per heavy atom. The van der Waals surface area contributed by atoms with Crippen molar-refractivity contribution in [2.45, 2.75) is 30.4 Å². The molecule has 18 heavy (non-hydrogen) atoms. The molecule has 0 aliphatic heterocycles. The fraction of sp³-hybridized carbons (Fsp3) is 0.385. The van der Waals surface area contributed by atoms with Gasteiger partial charge in [0.25, 0.3) is 0 Å². The third-order valence-electron chi connectivity index (χ3n) is 2.10. The van der Waals surface area contributed by atoms with E-state index in [1.165, 1.54) is 4.90 Å². The fourth-order valence-corrected chi connectivity index (χ4v) is 2.22. The van der Waals surface area contributed by atoms with Crippen LogP contribution in [0.4, 0.5) is 0 Å². The van der Waals surface area contributed by atoms with E-state index in [0.29, 0.717) is 5.25 Å². The minimum Gasteiger partial charge on any atom is -0.480 e. The molecule has 0 heterocycles. The van der Waals surface area contributed by atoms with Crippen LogP contribution in [0, 0.1) is 0 Å². The van der Waals surface area contributed by atoms with Crippen LogP contribution >= 0.6 is 11.8 Å². The lowest BCUT2D eigenvalue weighted by Gasteiger charge is -2.06. The summed E-state index contributed by atoms with van der Waals surface area (Å²) in [5.41, 5.74) is 0.881. The van der Waals surface area contributed by atoms with Gasteiger partial charge in [-0.25, -0.2) is 0 Å². The molecule has 0 aromatic heterocycles. The summed E-state index contributed by atoms with van der Waals surface area (Å²) in [7, 11) is 0. The minimum atomic E-state index is -1.04. The first-order chi connectivity index (χ1) is 8.47. The van der Waals surface area contributed by atoms with Crippen molar-refractivity contribution >= 4 is 23.6 Å². The van der Waals surface area contributed by atoms with Gasteiger partial charge in [0.15, 0.2) is 0 Å². The molecule has 0 saturated carbocycles. The van der Waals surface area contributed by atoms with E-state index >= 15 is 0 Å². The predicted octanol–water partition coefficient (Wildman–Crippen LogP) is 1.93. The number of thioether (sulfide) groups is 1. The Balaban J connectivity index is 2.48. The summed E-state index contributed by atoms with van der Waals surface area (Å²) in [5.74, 6) is -1.31. The summed E-state index contributed by atoms with van der Waals surface area (Å²) in [6.45, 7) is 3.91. The molecule has 0 saturated heterocycles. The molecule has 0 atom stereocenters. The van der Waals surface area contributed by atoms with Crippen LogP contribution in [0.15, 0.2) is 29.2 Å². The third-order valence-corrected chi connectivity index (χ3v) is 3.11. The van der Waals surface area contributed by atoms with Gasteiger partial charge in [0.2, 0.25) is 5.91 Å². The molecule has 0 fully saturated rings. The third kappa shape index (κ3) is 5.72. The summed E-state index contributed by atoms with van der Waals surface area (Å²) in [5, 5.41) is 11.3. The molecule has 1 rings (SSSR count). The van der Waals surface area contributed by atoms with Crippen LogP contribution < -0.4 is 5.32 Å². The zero-order valence-corrected chi connectivity index (χ0v) is 11.3. The Morgan fingerprint density at radius 2 is 1.89 bits per heavy atom. The Bertz CT molecular complexity index is 415. The Morgan fingerprint density at radius 1 is 1.28 bits per heavy atom. The highest BCUT2D eigenvalue weighted by molar-refractivity contribution is 7.99. The molecular formula is C13H17NO3S. The number of rotatable bonds is 6. The van der Waals surface area contributed by atoms with Crippen molar-refractivity contribution in [3.8, 4) is 0 Å². The van der Waals surface area contributed by atoms with Gasteiger partial charge in [-0.3, -0.25) is 9.59 Å². The van der Waals surface area contributed by atoms with Crippen LogP contribution in [0.25, 0.3) is 0 Å². The number of hydrogen-bond acceptors (Lipinski definition) is 3. The number of benzene rings is 1. The highest BCUT2D eigenvalue weighted by Gasteiger charge is 2.05. The van der Waals surface area contributed by atoms with Gasteiger partial charge in [0.05, 0.1) is 6.42 Å². The second-order valence-corrected chi connectivity index (χ2v) is 5.81. The smallest absolute Gasteiger partial charge is 0.322 e. The van der Waals surface area contributed by atoms with Crippen molar-refractivity contribution in [3.05, 3.63) is 29.8 Å². The topological polar surface area (TPSA) is 66.4 Å². The number of carbonyl (C=O) groups excluding carboxylic acids is 1. The van der Waals surface area contributed by atoms with Gasteiger partial charge in [0.1, 0.15) is 6.54 Å². The van der Waals surface area contributed by atoms with Crippen molar-refractivity contribution in [3.63, 3.8) is 0 Å². The minimum absolute atomic E-state index is 0.208. The van der Waals surface area contributed by atoms with Crippen molar-refractivity contribution < 1.29 is 14.7 Å². The van der Waals surface area contributed by atoms with Crippen LogP contribution in [0.1, 0.15) is 19.4 Å². The van der Waals surface area contributed by atoms with E-state index in [-0.39, 0.29) is 18.9 Å². The Labute approximate surface area is 111 Å². The number of carbonyl (C=O) groups is 2. The summed E-state index contributed by atoms with van der Waals surface area (Å²) < 4.78 is 0. The van der Waals surface area contributed by atoms with E-state index in [4.69, 9.17) is 5.11 Å². The molecule has 4 nitrogen and oxygen atoms in total. The summed E-state index contributed by atoms with van der Waals surface area (Å²) in [6.07, 6.45) is 0.208. The number of carboxylic acids is 1. The molecule has 0 aliphatic carbocycles. The van der Waals surface area contributed by atoms with Gasteiger partial charge in [-0.05, 0) is 17.7 Å². The van der Waals surface area contributed by atoms with Crippen LogP contribution in [-0.4, -0.2) is 28.8 Å². The zero-order chi connectivity index (χ0) is 13.5. The van der Waals surface area contributed by atoms with E-state index in [1.54, 1.807) is 11.8 Å². The molecular weight excluding hydrogens is 250 g/mol. The maximum Gasteiger partial charge on any atom is 0.322 e. The maximum absolute atomic E-state index is 11.4. The van der Waals surface area contributed by atoms with Crippen LogP contribution in [-0.2, 0) is 16.0 Å². The molecule has 1 aromatic rings. The van der Waals surface area contributed by atoms with Gasteiger partial charge in [-0.1, -0.05) is 26.0 Å². The van der Waals surface area contributed by atoms with E-state index in [0.717, 1.165) is 5.56 Å². The van der Waals surface area contributed by atoms with Crippen molar-refractivity contribution in [2.75, 3.05) is 6.54 Å². The fourth-order valence-electron chi connectivity index (χ4n) is 1.38. The SMILES string of the molecule is CC(C)Sc1ccc(CC(=O)NCC(=O)O)cc1. The molecule has 0 bridgehead atoms. The van der Waals surface area contributed by atoms with Gasteiger partial charge in [-0.2, -0.15) is 0 Å². The molecule has 98 valence electrons. The molecule has 2 N–H and O–H groups in total. The first-order valence-corrected chi connectivity index (χ1v) is 6.59. The molecule has 0 aliphatic rings. The van der Waals surface area contributed by atoms with Crippen molar-refractivity contribution in [1.82, 2.24) is 5.32 Å². The lowest BCUT2D eigenvalue weighted by molar-refractivity contribution is -0.137. The van der Waals surface area contributed by atoms with Crippen LogP contribution in [0.5, 0.6) is 0 Å². The number of nitrogens with one attached hydrogen (secondary N) is 1. The summed E-state index contributed by atoms with van der Waals surface area (Å²) >= 11 is 1.76.